The molecule has 1 unspecified atom stereocenters. The van der Waals surface area contributed by atoms with Crippen LogP contribution in [0.2, 0.25) is 0 Å². The molecule has 0 spiro atoms. The van der Waals surface area contributed by atoms with E-state index in [1.54, 1.807) is 0 Å². The third-order valence-electron chi connectivity index (χ3n) is 2.69. The van der Waals surface area contributed by atoms with Crippen LogP contribution in [0.3, 0.4) is 0 Å². The molecule has 1 fully saturated rings. The van der Waals surface area contributed by atoms with E-state index in [1.807, 2.05) is 0 Å². The molecule has 0 aromatic carbocycles. The lowest BCUT2D eigenvalue weighted by Crippen LogP contribution is -2.61. The molecule has 0 aromatic rings. The number of hydrogen-bond donors (Lipinski definition) is 1. The second-order valence-corrected chi connectivity index (χ2v) is 7.17. The molecular weight excluding hydrogens is 359 g/mol. The molecule has 7 nitrogen and oxygen atoms in total. The van der Waals surface area contributed by atoms with Gasteiger partial charge in [-0.25, -0.2) is 4.79 Å². The predicted molar refractivity (Wildman–Crippen MR) is 80.3 cm³/mol. The van der Waals surface area contributed by atoms with Crippen LogP contribution in [0.4, 0.5) is 0 Å². The third-order valence-corrected chi connectivity index (χ3v) is 3.02. The van der Waals surface area contributed by atoms with E-state index in [1.165, 1.54) is 13.8 Å². The van der Waals surface area contributed by atoms with Gasteiger partial charge in [0.1, 0.15) is 25.0 Å². The fourth-order valence-corrected chi connectivity index (χ4v) is 1.83. The highest BCUT2D eigenvalue weighted by atomic mass is 35.6. The smallest absolute Gasteiger partial charge is 0.355 e. The Labute approximate surface area is 142 Å². The van der Waals surface area contributed by atoms with Gasteiger partial charge in [0.15, 0.2) is 0 Å². The zero-order valence-electron chi connectivity index (χ0n) is 11.9. The number of esters is 2. The van der Waals surface area contributed by atoms with Crippen molar-refractivity contribution in [3.8, 4) is 0 Å². The molecule has 124 valence electrons. The van der Waals surface area contributed by atoms with E-state index < -0.39 is 34.3 Å². The van der Waals surface area contributed by atoms with Gasteiger partial charge in [-0.05, 0) is 12.5 Å². The Morgan fingerprint density at radius 2 is 1.91 bits per heavy atom. The second-order valence-electron chi connectivity index (χ2n) is 4.66. The summed E-state index contributed by atoms with van der Waals surface area (Å²) in [6, 6.07) is -0.683. The molecule has 1 rings (SSSR count). The van der Waals surface area contributed by atoms with Gasteiger partial charge in [-0.3, -0.25) is 9.59 Å². The number of nitrogens with zero attached hydrogens (tertiary/aromatic N) is 1. The number of nitrogens with two attached hydrogens (primary N) is 1. The fraction of sp³-hybridized carbons (Fsp3) is 0.583. The first-order chi connectivity index (χ1) is 10.0. The summed E-state index contributed by atoms with van der Waals surface area (Å²) < 4.78 is 7.90. The van der Waals surface area contributed by atoms with E-state index in [0.29, 0.717) is 5.57 Å². The Hall–Kier alpha value is -1.02. The van der Waals surface area contributed by atoms with E-state index >= 15 is 0 Å². The lowest BCUT2D eigenvalue weighted by Gasteiger charge is -2.37. The number of ether oxygens (including phenoxy) is 2. The van der Waals surface area contributed by atoms with Crippen molar-refractivity contribution in [3.63, 3.8) is 0 Å². The van der Waals surface area contributed by atoms with Crippen molar-refractivity contribution in [1.82, 2.24) is 4.90 Å². The zero-order valence-corrected chi connectivity index (χ0v) is 14.2. The van der Waals surface area contributed by atoms with Crippen LogP contribution in [0.5, 0.6) is 0 Å². The number of alkyl halides is 3. The van der Waals surface area contributed by atoms with Gasteiger partial charge in [-0.2, -0.15) is 0 Å². The summed E-state index contributed by atoms with van der Waals surface area (Å²) in [6.45, 7) is 2.22. The van der Waals surface area contributed by atoms with E-state index in [-0.39, 0.29) is 18.8 Å². The van der Waals surface area contributed by atoms with E-state index in [2.05, 4.69) is 0 Å². The van der Waals surface area contributed by atoms with E-state index in [4.69, 9.17) is 50.0 Å². The summed E-state index contributed by atoms with van der Waals surface area (Å²) in [5.41, 5.74) is 5.76. The Balaban J connectivity index is 2.91. The Morgan fingerprint density at radius 3 is 2.32 bits per heavy atom. The van der Waals surface area contributed by atoms with E-state index in [9.17, 15) is 14.4 Å². The maximum absolute atomic E-state index is 12.1. The largest absolute Gasteiger partial charge is 0.461 e. The lowest BCUT2D eigenvalue weighted by molar-refractivity contribution is -0.149. The first-order valence-corrected chi connectivity index (χ1v) is 7.30. The number of likely N-dealkylation sites (tertiary alicyclic amines) is 1. The van der Waals surface area contributed by atoms with Gasteiger partial charge in [0.2, 0.25) is 9.70 Å². The fourth-order valence-electron chi connectivity index (χ4n) is 1.66. The van der Waals surface area contributed by atoms with Gasteiger partial charge >= 0.3 is 11.9 Å². The topological polar surface area (TPSA) is 98.9 Å². The summed E-state index contributed by atoms with van der Waals surface area (Å²) >= 11 is 16.5. The lowest BCUT2D eigenvalue weighted by atomic mass is 10.1. The number of hydrogen-bond acceptors (Lipinski definition) is 6. The van der Waals surface area contributed by atoms with Crippen LogP contribution >= 0.6 is 34.8 Å². The van der Waals surface area contributed by atoms with Crippen LogP contribution in [0.1, 0.15) is 13.8 Å². The van der Waals surface area contributed by atoms with Crippen molar-refractivity contribution in [2.45, 2.75) is 23.7 Å². The highest BCUT2D eigenvalue weighted by Gasteiger charge is 2.40. The Kier molecular flexibility index (Phi) is 6.49. The van der Waals surface area contributed by atoms with Crippen molar-refractivity contribution in [2.75, 3.05) is 19.8 Å². The molecule has 0 bridgehead atoms. The average Bonchev–Trinajstić information content (AvgIpc) is 2.41. The van der Waals surface area contributed by atoms with Crippen molar-refractivity contribution < 1.29 is 23.9 Å². The van der Waals surface area contributed by atoms with Gasteiger partial charge in [-0.1, -0.05) is 34.8 Å². The molecular formula is C12H15Cl3N2O5. The first kappa shape index (κ1) is 19.0. The zero-order chi connectivity index (χ0) is 17.1. The van der Waals surface area contributed by atoms with E-state index in [0.717, 1.165) is 4.90 Å². The summed E-state index contributed by atoms with van der Waals surface area (Å²) in [7, 11) is 0. The minimum Gasteiger partial charge on any atom is -0.461 e. The Bertz CT molecular complexity index is 515. The molecule has 0 aliphatic carbocycles. The molecule has 0 radical (unpaired) electrons. The van der Waals surface area contributed by atoms with Crippen LogP contribution in [0.15, 0.2) is 11.3 Å². The molecule has 1 amide bonds. The quantitative estimate of drug-likeness (QED) is 0.333. The number of rotatable bonds is 5. The number of β-lactam (4-membered cyclic amide) rings is 1. The predicted octanol–water partition coefficient (Wildman–Crippen LogP) is 0.906. The molecule has 0 aromatic heterocycles. The molecule has 22 heavy (non-hydrogen) atoms. The van der Waals surface area contributed by atoms with Crippen LogP contribution in [-0.4, -0.2) is 52.3 Å². The van der Waals surface area contributed by atoms with Crippen LogP contribution < -0.4 is 5.73 Å². The van der Waals surface area contributed by atoms with Gasteiger partial charge in [-0.15, -0.1) is 0 Å². The van der Waals surface area contributed by atoms with Crippen LogP contribution in [0.25, 0.3) is 0 Å². The van der Waals surface area contributed by atoms with Crippen molar-refractivity contribution in [2.24, 2.45) is 5.73 Å². The first-order valence-electron chi connectivity index (χ1n) is 6.17. The van der Waals surface area contributed by atoms with Crippen LogP contribution in [0, 0.1) is 0 Å². The minimum atomic E-state index is -1.78. The van der Waals surface area contributed by atoms with Crippen molar-refractivity contribution in [1.29, 1.82) is 0 Å². The molecule has 1 aliphatic heterocycles. The normalized spacial score (nSPS) is 19.3. The molecule has 1 saturated heterocycles. The highest BCUT2D eigenvalue weighted by molar-refractivity contribution is 6.67. The molecule has 1 atom stereocenters. The molecule has 2 N–H and O–H groups in total. The maximum Gasteiger partial charge on any atom is 0.355 e. The van der Waals surface area contributed by atoms with Gasteiger partial charge in [0.25, 0.3) is 0 Å². The van der Waals surface area contributed by atoms with Crippen molar-refractivity contribution >= 4 is 52.6 Å². The van der Waals surface area contributed by atoms with Gasteiger partial charge in [0, 0.05) is 6.92 Å². The highest BCUT2D eigenvalue weighted by Crippen LogP contribution is 2.27. The minimum absolute atomic E-state index is 0.0674. The summed E-state index contributed by atoms with van der Waals surface area (Å²) in [6.07, 6.45) is 0. The standard InChI is InChI=1S/C12H15Cl3N2O5/c1-6(4-21-7(2)18)9(17-3-8(16)10(17)19)11(20)22-5-12(13,14)15/h8H,3-5,16H2,1-2H3. The average molecular weight is 374 g/mol. The Morgan fingerprint density at radius 1 is 1.32 bits per heavy atom. The molecule has 1 aliphatic rings. The number of carbonyl (C=O) groups excluding carboxylic acids is 3. The molecule has 1 heterocycles. The number of carbonyl (C=O) groups is 3. The van der Waals surface area contributed by atoms with Gasteiger partial charge < -0.3 is 20.1 Å². The second kappa shape index (κ2) is 7.50. The molecule has 10 heteroatoms. The SMILES string of the molecule is CC(=O)OCC(C)=C(C(=O)OCC(Cl)(Cl)Cl)N1CC(N)C1=O. The van der Waals surface area contributed by atoms with Crippen LogP contribution in [-0.2, 0) is 23.9 Å². The summed E-state index contributed by atoms with van der Waals surface area (Å²) in [5, 5.41) is 0. The van der Waals surface area contributed by atoms with Crippen molar-refractivity contribution in [3.05, 3.63) is 11.3 Å². The third kappa shape index (κ3) is 5.31. The van der Waals surface area contributed by atoms with Gasteiger partial charge in [0.05, 0.1) is 6.54 Å². The number of amides is 1. The maximum atomic E-state index is 12.1. The number of halogens is 3. The summed E-state index contributed by atoms with van der Waals surface area (Å²) in [4.78, 5) is 35.9. The summed E-state index contributed by atoms with van der Waals surface area (Å²) in [5.74, 6) is -1.83. The monoisotopic (exact) mass is 372 g/mol. The molecule has 0 saturated carbocycles.